The van der Waals surface area contributed by atoms with Gasteiger partial charge in [-0.1, -0.05) is 6.92 Å². The fourth-order valence-corrected chi connectivity index (χ4v) is 1.75. The van der Waals surface area contributed by atoms with E-state index in [9.17, 15) is 0 Å². The van der Waals surface area contributed by atoms with Gasteiger partial charge in [0.1, 0.15) is 12.5 Å². The Morgan fingerprint density at radius 3 is 2.25 bits per heavy atom. The van der Waals surface area contributed by atoms with Crippen molar-refractivity contribution < 1.29 is 9.47 Å². The Morgan fingerprint density at radius 1 is 1.42 bits per heavy atom. The molecule has 0 saturated carbocycles. The molecular weight excluding hydrogens is 154 g/mol. The molecule has 0 radical (unpaired) electrons. The molecule has 3 nitrogen and oxygen atoms in total. The minimum atomic E-state index is -0.553. The zero-order valence-electron chi connectivity index (χ0n) is 7.91. The van der Waals surface area contributed by atoms with Crippen molar-refractivity contribution >= 4 is 0 Å². The zero-order chi connectivity index (χ0) is 9.19. The number of hydrogen-bond donors (Lipinski definition) is 1. The van der Waals surface area contributed by atoms with Crippen LogP contribution < -0.4 is 5.73 Å². The van der Waals surface area contributed by atoms with Crippen LogP contribution in [-0.4, -0.2) is 11.8 Å². The molecule has 1 heterocycles. The highest BCUT2D eigenvalue weighted by Gasteiger charge is 2.40. The molecule has 3 heteroatoms. The molecule has 2 atom stereocenters. The molecule has 0 saturated heterocycles. The fourth-order valence-electron chi connectivity index (χ4n) is 1.75. The molecule has 0 aromatic carbocycles. The van der Waals surface area contributed by atoms with Crippen LogP contribution >= 0.6 is 0 Å². The Morgan fingerprint density at radius 2 is 1.92 bits per heavy atom. The molecule has 0 amide bonds. The van der Waals surface area contributed by atoms with Gasteiger partial charge in [-0.05, 0) is 13.3 Å². The molecule has 0 aromatic heterocycles. The van der Waals surface area contributed by atoms with Crippen molar-refractivity contribution in [3.8, 4) is 0 Å². The maximum Gasteiger partial charge on any atom is 0.251 e. The van der Waals surface area contributed by atoms with E-state index in [2.05, 4.69) is 6.92 Å². The number of ether oxygens (including phenoxy) is 2. The van der Waals surface area contributed by atoms with Gasteiger partial charge in [-0.25, -0.2) is 0 Å². The minimum Gasteiger partial charge on any atom is -0.457 e. The highest BCUT2D eigenvalue weighted by molar-refractivity contribution is 4.88. The molecule has 0 aliphatic carbocycles. The maximum absolute atomic E-state index is 5.82. The quantitative estimate of drug-likeness (QED) is 0.701. The molecule has 1 aliphatic rings. The van der Waals surface area contributed by atoms with Gasteiger partial charge in [0.2, 0.25) is 0 Å². The van der Waals surface area contributed by atoms with Crippen molar-refractivity contribution in [3.63, 3.8) is 0 Å². The van der Waals surface area contributed by atoms with E-state index in [-0.39, 0.29) is 12.0 Å². The average Bonchev–Trinajstić information content (AvgIpc) is 2.37. The largest absolute Gasteiger partial charge is 0.457 e. The van der Waals surface area contributed by atoms with Gasteiger partial charge in [0.15, 0.2) is 0 Å². The Kier molecular flexibility index (Phi) is 2.62. The lowest BCUT2D eigenvalue weighted by atomic mass is 9.90. The van der Waals surface area contributed by atoms with Gasteiger partial charge in [0.05, 0.1) is 5.92 Å². The summed E-state index contributed by atoms with van der Waals surface area (Å²) in [5, 5.41) is 0. The van der Waals surface area contributed by atoms with Gasteiger partial charge >= 0.3 is 0 Å². The first-order chi connectivity index (χ1) is 5.60. The second-order valence-electron chi connectivity index (χ2n) is 3.40. The summed E-state index contributed by atoms with van der Waals surface area (Å²) in [4.78, 5) is 0. The molecule has 70 valence electrons. The normalized spacial score (nSPS) is 24.3. The van der Waals surface area contributed by atoms with E-state index in [0.29, 0.717) is 0 Å². The van der Waals surface area contributed by atoms with Crippen LogP contribution in [-0.2, 0) is 9.47 Å². The van der Waals surface area contributed by atoms with E-state index in [0.717, 1.165) is 6.42 Å². The molecule has 1 rings (SSSR count). The van der Waals surface area contributed by atoms with Crippen molar-refractivity contribution in [2.75, 3.05) is 0 Å². The molecule has 12 heavy (non-hydrogen) atoms. The SMILES string of the molecule is CCC(C(C)N)C1(C)OC=CO1. The minimum absolute atomic E-state index is 0.0832. The van der Waals surface area contributed by atoms with Crippen molar-refractivity contribution in [2.45, 2.75) is 39.0 Å². The second kappa shape index (κ2) is 3.35. The first kappa shape index (κ1) is 9.39. The van der Waals surface area contributed by atoms with E-state index in [1.807, 2.05) is 13.8 Å². The van der Waals surface area contributed by atoms with E-state index >= 15 is 0 Å². The highest BCUT2D eigenvalue weighted by atomic mass is 16.7. The van der Waals surface area contributed by atoms with E-state index in [1.165, 1.54) is 0 Å². The van der Waals surface area contributed by atoms with Crippen LogP contribution in [0.1, 0.15) is 27.2 Å². The van der Waals surface area contributed by atoms with Crippen molar-refractivity contribution in [1.29, 1.82) is 0 Å². The lowest BCUT2D eigenvalue weighted by Crippen LogP contribution is -2.44. The summed E-state index contributed by atoms with van der Waals surface area (Å²) in [5.74, 6) is -0.323. The fraction of sp³-hybridized carbons (Fsp3) is 0.778. The van der Waals surface area contributed by atoms with E-state index < -0.39 is 5.79 Å². The van der Waals surface area contributed by atoms with Gasteiger partial charge in [-0.15, -0.1) is 0 Å². The molecule has 0 spiro atoms. The van der Waals surface area contributed by atoms with Crippen molar-refractivity contribution in [2.24, 2.45) is 11.7 Å². The van der Waals surface area contributed by atoms with Crippen LogP contribution in [0.15, 0.2) is 12.5 Å². The molecular formula is C9H17NO2. The molecule has 2 unspecified atom stereocenters. The topological polar surface area (TPSA) is 44.5 Å². The first-order valence-electron chi connectivity index (χ1n) is 4.36. The molecule has 2 N–H and O–H groups in total. The lowest BCUT2D eigenvalue weighted by molar-refractivity contribution is -0.171. The van der Waals surface area contributed by atoms with Crippen molar-refractivity contribution in [1.82, 2.24) is 0 Å². The Hall–Kier alpha value is -0.700. The third kappa shape index (κ3) is 1.55. The summed E-state index contributed by atoms with van der Waals surface area (Å²) in [6.45, 7) is 5.99. The van der Waals surface area contributed by atoms with Gasteiger partial charge < -0.3 is 15.2 Å². The molecule has 1 aliphatic heterocycles. The Labute approximate surface area is 73.5 Å². The predicted octanol–water partition coefficient (Wildman–Crippen LogP) is 1.59. The summed E-state index contributed by atoms with van der Waals surface area (Å²) in [5.41, 5.74) is 5.82. The van der Waals surface area contributed by atoms with Crippen LogP contribution in [0.2, 0.25) is 0 Å². The summed E-state index contributed by atoms with van der Waals surface area (Å²) in [6, 6.07) is 0.0832. The standard InChI is InChI=1S/C9H17NO2/c1-4-8(7(2)10)9(3)11-5-6-12-9/h5-8H,4,10H2,1-3H3. The van der Waals surface area contributed by atoms with Crippen LogP contribution in [0.25, 0.3) is 0 Å². The predicted molar refractivity (Wildman–Crippen MR) is 47.1 cm³/mol. The van der Waals surface area contributed by atoms with E-state index in [4.69, 9.17) is 15.2 Å². The second-order valence-corrected chi connectivity index (χ2v) is 3.40. The van der Waals surface area contributed by atoms with Gasteiger partial charge in [-0.3, -0.25) is 0 Å². The number of hydrogen-bond acceptors (Lipinski definition) is 3. The van der Waals surface area contributed by atoms with Crippen LogP contribution in [0, 0.1) is 5.92 Å². The summed E-state index contributed by atoms with van der Waals surface area (Å²) >= 11 is 0. The van der Waals surface area contributed by atoms with Gasteiger partial charge in [-0.2, -0.15) is 0 Å². The Balaban J connectivity index is 2.64. The number of rotatable bonds is 3. The summed E-state index contributed by atoms with van der Waals surface area (Å²) < 4.78 is 10.7. The van der Waals surface area contributed by atoms with Crippen LogP contribution in [0.5, 0.6) is 0 Å². The Bertz CT molecular complexity index is 169. The monoisotopic (exact) mass is 171 g/mol. The third-order valence-electron chi connectivity index (χ3n) is 2.41. The number of nitrogens with two attached hydrogens (primary N) is 1. The van der Waals surface area contributed by atoms with Crippen LogP contribution in [0.4, 0.5) is 0 Å². The summed E-state index contributed by atoms with van der Waals surface area (Å²) in [6.07, 6.45) is 4.10. The lowest BCUT2D eigenvalue weighted by Gasteiger charge is -2.33. The van der Waals surface area contributed by atoms with Gasteiger partial charge in [0.25, 0.3) is 5.79 Å². The first-order valence-corrected chi connectivity index (χ1v) is 4.36. The smallest absolute Gasteiger partial charge is 0.251 e. The molecule has 0 fully saturated rings. The molecule has 0 bridgehead atoms. The van der Waals surface area contributed by atoms with Crippen LogP contribution in [0.3, 0.4) is 0 Å². The third-order valence-corrected chi connectivity index (χ3v) is 2.41. The molecule has 0 aromatic rings. The van der Waals surface area contributed by atoms with E-state index in [1.54, 1.807) is 12.5 Å². The average molecular weight is 171 g/mol. The maximum atomic E-state index is 5.82. The van der Waals surface area contributed by atoms with Crippen molar-refractivity contribution in [3.05, 3.63) is 12.5 Å². The highest BCUT2D eigenvalue weighted by Crippen LogP contribution is 2.32. The summed E-state index contributed by atoms with van der Waals surface area (Å²) in [7, 11) is 0. The zero-order valence-corrected chi connectivity index (χ0v) is 7.91. The van der Waals surface area contributed by atoms with Gasteiger partial charge in [0, 0.05) is 13.0 Å².